The summed E-state index contributed by atoms with van der Waals surface area (Å²) in [5.74, 6) is 0.882. The van der Waals surface area contributed by atoms with Crippen LogP contribution < -0.4 is 9.47 Å². The molecule has 3 heteroatoms. The predicted molar refractivity (Wildman–Crippen MR) is 78.2 cm³/mol. The van der Waals surface area contributed by atoms with Crippen molar-refractivity contribution in [3.63, 3.8) is 0 Å². The minimum atomic E-state index is -0.366. The van der Waals surface area contributed by atoms with E-state index in [1.807, 2.05) is 26.8 Å². The van der Waals surface area contributed by atoms with Crippen molar-refractivity contribution in [2.75, 3.05) is 0 Å². The van der Waals surface area contributed by atoms with Crippen LogP contribution in [0.5, 0.6) is 11.5 Å². The van der Waals surface area contributed by atoms with Crippen LogP contribution in [0, 0.1) is 0 Å². The fraction of sp³-hybridized carbons (Fsp3) is 0.235. The van der Waals surface area contributed by atoms with Crippen molar-refractivity contribution >= 4 is 5.97 Å². The van der Waals surface area contributed by atoms with Crippen LogP contribution in [0.2, 0.25) is 0 Å². The largest absolute Gasteiger partial charge is 0.488 e. The highest BCUT2D eigenvalue weighted by molar-refractivity contribution is 5.90. The molecular weight excluding hydrogens is 252 g/mol. The minimum Gasteiger partial charge on any atom is -0.488 e. The van der Waals surface area contributed by atoms with E-state index in [1.165, 1.54) is 0 Å². The molecule has 0 bridgehead atoms. The summed E-state index contributed by atoms with van der Waals surface area (Å²) < 4.78 is 11.0. The molecule has 0 N–H and O–H groups in total. The third-order valence-electron chi connectivity index (χ3n) is 2.47. The van der Waals surface area contributed by atoms with Crippen LogP contribution >= 0.6 is 0 Å². The van der Waals surface area contributed by atoms with Crippen molar-refractivity contribution in [2.45, 2.75) is 26.4 Å². The van der Waals surface area contributed by atoms with Crippen molar-refractivity contribution in [1.82, 2.24) is 0 Å². The molecule has 0 saturated carbocycles. The lowest BCUT2D eigenvalue weighted by Crippen LogP contribution is -2.22. The summed E-state index contributed by atoms with van der Waals surface area (Å²) >= 11 is 0. The molecular formula is C17H18O3. The van der Waals surface area contributed by atoms with Crippen molar-refractivity contribution in [3.8, 4) is 11.5 Å². The average Bonchev–Trinajstić information content (AvgIpc) is 2.40. The smallest absolute Gasteiger partial charge is 0.343 e. The van der Waals surface area contributed by atoms with Gasteiger partial charge in [-0.3, -0.25) is 0 Å². The van der Waals surface area contributed by atoms with E-state index in [4.69, 9.17) is 9.47 Å². The number of hydrogen-bond donors (Lipinski definition) is 0. The van der Waals surface area contributed by atoms with Crippen LogP contribution in [-0.2, 0) is 0 Å². The van der Waals surface area contributed by atoms with E-state index in [0.29, 0.717) is 11.3 Å². The second-order valence-corrected chi connectivity index (χ2v) is 5.44. The van der Waals surface area contributed by atoms with Crippen LogP contribution in [-0.4, -0.2) is 11.6 Å². The number of rotatable bonds is 3. The molecule has 20 heavy (non-hydrogen) atoms. The molecule has 0 aliphatic heterocycles. The monoisotopic (exact) mass is 270 g/mol. The zero-order chi connectivity index (χ0) is 14.6. The normalized spacial score (nSPS) is 10.9. The summed E-state index contributed by atoms with van der Waals surface area (Å²) in [6, 6.07) is 15.9. The number of carbonyl (C=O) groups excluding carboxylic acids is 1. The fourth-order valence-electron chi connectivity index (χ4n) is 1.67. The Balaban J connectivity index is 2.02. The average molecular weight is 270 g/mol. The number of carbonyl (C=O) groups is 1. The van der Waals surface area contributed by atoms with Gasteiger partial charge in [0.15, 0.2) is 0 Å². The molecule has 0 radical (unpaired) electrons. The van der Waals surface area contributed by atoms with Crippen LogP contribution in [0.3, 0.4) is 0 Å². The lowest BCUT2D eigenvalue weighted by molar-refractivity contribution is 0.0734. The van der Waals surface area contributed by atoms with Gasteiger partial charge in [0.25, 0.3) is 0 Å². The fourth-order valence-corrected chi connectivity index (χ4v) is 1.67. The highest BCUT2D eigenvalue weighted by Gasteiger charge is 2.12. The van der Waals surface area contributed by atoms with Crippen molar-refractivity contribution in [2.24, 2.45) is 0 Å². The Morgan fingerprint density at radius 1 is 0.850 bits per heavy atom. The van der Waals surface area contributed by atoms with Gasteiger partial charge in [0.2, 0.25) is 0 Å². The number of hydrogen-bond acceptors (Lipinski definition) is 3. The minimum absolute atomic E-state index is 0.248. The third-order valence-corrected chi connectivity index (χ3v) is 2.47. The van der Waals surface area contributed by atoms with Crippen LogP contribution in [0.25, 0.3) is 0 Å². The zero-order valence-electron chi connectivity index (χ0n) is 11.9. The first-order valence-electron chi connectivity index (χ1n) is 6.50. The van der Waals surface area contributed by atoms with E-state index >= 15 is 0 Å². The maximum atomic E-state index is 11.9. The summed E-state index contributed by atoms with van der Waals surface area (Å²) in [5, 5.41) is 0. The van der Waals surface area contributed by atoms with E-state index in [9.17, 15) is 4.79 Å². The first kappa shape index (κ1) is 14.1. The second-order valence-electron chi connectivity index (χ2n) is 5.44. The lowest BCUT2D eigenvalue weighted by atomic mass is 10.2. The maximum absolute atomic E-state index is 11.9. The van der Waals surface area contributed by atoms with Crippen LogP contribution in [0.1, 0.15) is 31.1 Å². The van der Waals surface area contributed by atoms with Crippen molar-refractivity contribution in [3.05, 3.63) is 60.2 Å². The summed E-state index contributed by atoms with van der Waals surface area (Å²) in [7, 11) is 0. The van der Waals surface area contributed by atoms with Gasteiger partial charge >= 0.3 is 5.97 Å². The van der Waals surface area contributed by atoms with E-state index in [1.54, 1.807) is 48.5 Å². The summed E-state index contributed by atoms with van der Waals surface area (Å²) in [6.07, 6.45) is 0. The van der Waals surface area contributed by atoms with Crippen molar-refractivity contribution < 1.29 is 14.3 Å². The second kappa shape index (κ2) is 5.78. The summed E-state index contributed by atoms with van der Waals surface area (Å²) in [6.45, 7) is 5.95. The highest BCUT2D eigenvalue weighted by atomic mass is 16.5. The number of ether oxygens (including phenoxy) is 2. The molecule has 0 unspecified atom stereocenters. The quantitative estimate of drug-likeness (QED) is 0.622. The molecule has 0 saturated heterocycles. The molecule has 3 nitrogen and oxygen atoms in total. The highest BCUT2D eigenvalue weighted by Crippen LogP contribution is 2.22. The van der Waals surface area contributed by atoms with E-state index < -0.39 is 0 Å². The summed E-state index contributed by atoms with van der Waals surface area (Å²) in [4.78, 5) is 11.9. The molecule has 0 aromatic heterocycles. The molecule has 0 atom stereocenters. The lowest BCUT2D eigenvalue weighted by Gasteiger charge is -2.21. The summed E-state index contributed by atoms with van der Waals surface area (Å²) in [5.41, 5.74) is 0.282. The Morgan fingerprint density at radius 3 is 1.95 bits per heavy atom. The molecule has 0 spiro atoms. The zero-order valence-corrected chi connectivity index (χ0v) is 11.9. The maximum Gasteiger partial charge on any atom is 0.343 e. The van der Waals surface area contributed by atoms with E-state index in [2.05, 4.69) is 0 Å². The van der Waals surface area contributed by atoms with Crippen LogP contribution in [0.4, 0.5) is 0 Å². The van der Waals surface area contributed by atoms with E-state index in [0.717, 1.165) is 5.75 Å². The Hall–Kier alpha value is -2.29. The van der Waals surface area contributed by atoms with Gasteiger partial charge in [0.05, 0.1) is 5.56 Å². The van der Waals surface area contributed by atoms with Gasteiger partial charge in [-0.2, -0.15) is 0 Å². The first-order valence-corrected chi connectivity index (χ1v) is 6.50. The molecule has 2 aromatic carbocycles. The van der Waals surface area contributed by atoms with E-state index in [-0.39, 0.29) is 11.6 Å². The van der Waals surface area contributed by atoms with Crippen molar-refractivity contribution in [1.29, 1.82) is 0 Å². The van der Waals surface area contributed by atoms with Gasteiger partial charge in [0.1, 0.15) is 17.1 Å². The molecule has 0 aliphatic carbocycles. The third kappa shape index (κ3) is 4.12. The number of benzene rings is 2. The first-order chi connectivity index (χ1) is 9.44. The molecule has 0 fully saturated rings. The molecule has 2 rings (SSSR count). The van der Waals surface area contributed by atoms with Gasteiger partial charge in [-0.05, 0) is 57.2 Å². The van der Waals surface area contributed by atoms with Gasteiger partial charge < -0.3 is 9.47 Å². The van der Waals surface area contributed by atoms with Gasteiger partial charge in [-0.25, -0.2) is 4.79 Å². The standard InChI is InChI=1S/C17H18O3/c1-17(2,3)20-15-11-9-14(10-12-15)19-16(18)13-7-5-4-6-8-13/h4-12H,1-3H3. The van der Waals surface area contributed by atoms with Gasteiger partial charge in [-0.15, -0.1) is 0 Å². The molecule has 0 heterocycles. The van der Waals surface area contributed by atoms with Crippen LogP contribution in [0.15, 0.2) is 54.6 Å². The molecule has 104 valence electrons. The Labute approximate surface area is 119 Å². The van der Waals surface area contributed by atoms with Gasteiger partial charge in [0, 0.05) is 0 Å². The molecule has 0 amide bonds. The number of esters is 1. The SMILES string of the molecule is CC(C)(C)Oc1ccc(OC(=O)c2ccccc2)cc1. The Morgan fingerprint density at radius 2 is 1.40 bits per heavy atom. The topological polar surface area (TPSA) is 35.5 Å². The Kier molecular flexibility index (Phi) is 4.08. The predicted octanol–water partition coefficient (Wildman–Crippen LogP) is 4.08. The molecule has 2 aromatic rings. The Bertz CT molecular complexity index is 565. The van der Waals surface area contributed by atoms with Gasteiger partial charge in [-0.1, -0.05) is 18.2 Å². The molecule has 0 aliphatic rings.